The molecule has 1 fully saturated rings. The fourth-order valence-corrected chi connectivity index (χ4v) is 3.27. The smallest absolute Gasteiger partial charge is 0.254 e. The number of carbonyl (C=O) groups excluding carboxylic acids is 1. The third kappa shape index (κ3) is 3.47. The van der Waals surface area contributed by atoms with E-state index in [9.17, 15) is 9.18 Å². The molecule has 1 aliphatic heterocycles. The first-order valence-electron chi connectivity index (χ1n) is 9.08. The molecule has 0 spiro atoms. The average molecular weight is 351 g/mol. The Morgan fingerprint density at radius 2 is 1.92 bits per heavy atom. The van der Waals surface area contributed by atoms with Gasteiger partial charge in [-0.2, -0.15) is 5.10 Å². The van der Waals surface area contributed by atoms with Crippen molar-refractivity contribution < 1.29 is 9.18 Å². The Morgan fingerprint density at radius 1 is 1.19 bits per heavy atom. The lowest BCUT2D eigenvalue weighted by Crippen LogP contribution is -2.33. The second-order valence-electron chi connectivity index (χ2n) is 7.01. The predicted octanol–water partition coefficient (Wildman–Crippen LogP) is 4.22. The molecule has 1 amide bonds. The average Bonchev–Trinajstić information content (AvgIpc) is 3.41. The summed E-state index contributed by atoms with van der Waals surface area (Å²) >= 11 is 0. The van der Waals surface area contributed by atoms with Crippen molar-refractivity contribution in [3.8, 4) is 0 Å². The van der Waals surface area contributed by atoms with Crippen LogP contribution >= 0.6 is 0 Å². The first-order chi connectivity index (χ1) is 12.6. The van der Waals surface area contributed by atoms with Crippen molar-refractivity contribution in [3.05, 3.63) is 65.5 Å². The van der Waals surface area contributed by atoms with E-state index in [-0.39, 0.29) is 17.8 Å². The van der Waals surface area contributed by atoms with E-state index in [0.717, 1.165) is 37.2 Å². The molecule has 1 heterocycles. The minimum Gasteiger partial charge on any atom is -0.331 e. The van der Waals surface area contributed by atoms with Crippen LogP contribution in [0.15, 0.2) is 53.6 Å². The van der Waals surface area contributed by atoms with Gasteiger partial charge in [-0.1, -0.05) is 18.2 Å². The zero-order valence-corrected chi connectivity index (χ0v) is 14.9. The number of carbonyl (C=O) groups is 1. The molecular formula is C21H22FN3O. The molecule has 1 aliphatic carbocycles. The molecule has 0 saturated heterocycles. The van der Waals surface area contributed by atoms with Gasteiger partial charge in [0.25, 0.3) is 5.91 Å². The van der Waals surface area contributed by atoms with Crippen molar-refractivity contribution in [1.29, 1.82) is 0 Å². The molecule has 2 aromatic carbocycles. The first-order valence-corrected chi connectivity index (χ1v) is 9.08. The van der Waals surface area contributed by atoms with Crippen LogP contribution in [-0.4, -0.2) is 29.1 Å². The van der Waals surface area contributed by atoms with Crippen LogP contribution in [-0.2, 0) is 6.54 Å². The summed E-state index contributed by atoms with van der Waals surface area (Å²) in [5, 5.41) is 6.45. The van der Waals surface area contributed by atoms with E-state index in [2.05, 4.69) is 5.10 Å². The summed E-state index contributed by atoms with van der Waals surface area (Å²) in [5.41, 5.74) is 3.31. The Bertz CT molecular complexity index is 843. The van der Waals surface area contributed by atoms with Crippen LogP contribution in [0.3, 0.4) is 0 Å². The summed E-state index contributed by atoms with van der Waals surface area (Å²) in [6.07, 6.45) is 2.94. The van der Waals surface area contributed by atoms with Gasteiger partial charge in [-0.3, -0.25) is 9.80 Å². The summed E-state index contributed by atoms with van der Waals surface area (Å²) in [6.45, 7) is 3.21. The number of nitrogens with zero attached hydrogens (tertiary/aromatic N) is 3. The molecule has 2 aromatic rings. The van der Waals surface area contributed by atoms with Crippen molar-refractivity contribution in [3.63, 3.8) is 0 Å². The highest BCUT2D eigenvalue weighted by Crippen LogP contribution is 2.31. The number of benzene rings is 2. The summed E-state index contributed by atoms with van der Waals surface area (Å²) in [7, 11) is 0. The summed E-state index contributed by atoms with van der Waals surface area (Å²) in [5.74, 6) is -0.299. The Balaban J connectivity index is 1.52. The molecule has 134 valence electrons. The van der Waals surface area contributed by atoms with Gasteiger partial charge in [0.05, 0.1) is 5.69 Å². The van der Waals surface area contributed by atoms with Crippen molar-refractivity contribution >= 4 is 17.3 Å². The quantitative estimate of drug-likeness (QED) is 0.809. The van der Waals surface area contributed by atoms with E-state index in [1.165, 1.54) is 6.07 Å². The van der Waals surface area contributed by atoms with E-state index in [4.69, 9.17) is 0 Å². The Morgan fingerprint density at radius 3 is 2.54 bits per heavy atom. The van der Waals surface area contributed by atoms with Crippen molar-refractivity contribution in [2.24, 2.45) is 5.10 Å². The zero-order valence-electron chi connectivity index (χ0n) is 14.9. The molecule has 5 heteroatoms. The van der Waals surface area contributed by atoms with Gasteiger partial charge < -0.3 is 4.90 Å². The molecule has 0 atom stereocenters. The first kappa shape index (κ1) is 16.8. The number of halogens is 1. The van der Waals surface area contributed by atoms with Gasteiger partial charge in [0, 0.05) is 42.4 Å². The monoisotopic (exact) mass is 351 g/mol. The predicted molar refractivity (Wildman–Crippen MR) is 101 cm³/mol. The topological polar surface area (TPSA) is 35.9 Å². The van der Waals surface area contributed by atoms with Crippen LogP contribution in [0.1, 0.15) is 42.1 Å². The zero-order chi connectivity index (χ0) is 18.1. The van der Waals surface area contributed by atoms with Gasteiger partial charge >= 0.3 is 0 Å². The van der Waals surface area contributed by atoms with Crippen molar-refractivity contribution in [2.75, 3.05) is 11.6 Å². The molecule has 0 unspecified atom stereocenters. The fourth-order valence-electron chi connectivity index (χ4n) is 3.27. The van der Waals surface area contributed by atoms with E-state index < -0.39 is 0 Å². The normalized spacial score (nSPS) is 16.5. The molecule has 0 aromatic heterocycles. The summed E-state index contributed by atoms with van der Waals surface area (Å²) in [6, 6.07) is 14.4. The highest BCUT2D eigenvalue weighted by Gasteiger charge is 2.33. The fraction of sp³-hybridized carbons (Fsp3) is 0.333. The third-order valence-corrected chi connectivity index (χ3v) is 4.94. The maximum atomic E-state index is 14.0. The number of anilines is 1. The standard InChI is InChI=1S/C21H22FN3O/c1-15-12-13-25(23-15)19-8-6-16(7-9-19)21(26)24(18-10-11-18)14-17-4-2-3-5-20(17)22/h2-9,18H,10-14H2,1H3. The van der Waals surface area contributed by atoms with Crippen molar-refractivity contribution in [2.45, 2.75) is 38.8 Å². The van der Waals surface area contributed by atoms with Gasteiger partial charge in [-0.25, -0.2) is 4.39 Å². The van der Waals surface area contributed by atoms with Gasteiger partial charge in [-0.15, -0.1) is 0 Å². The molecule has 0 radical (unpaired) electrons. The minimum atomic E-state index is -0.261. The number of hydrogen-bond donors (Lipinski definition) is 0. The van der Waals surface area contributed by atoms with E-state index in [1.807, 2.05) is 36.2 Å². The second-order valence-corrected chi connectivity index (χ2v) is 7.01. The molecule has 2 aliphatic rings. The van der Waals surface area contributed by atoms with Crippen LogP contribution in [0.5, 0.6) is 0 Å². The van der Waals surface area contributed by atoms with Gasteiger partial charge in [0.1, 0.15) is 5.82 Å². The SMILES string of the molecule is CC1=NN(c2ccc(C(=O)N(Cc3ccccc3F)C3CC3)cc2)CC1. The van der Waals surface area contributed by atoms with E-state index in [1.54, 1.807) is 23.1 Å². The lowest BCUT2D eigenvalue weighted by Gasteiger charge is -2.23. The summed E-state index contributed by atoms with van der Waals surface area (Å²) in [4.78, 5) is 14.8. The highest BCUT2D eigenvalue weighted by molar-refractivity contribution is 5.95. The maximum absolute atomic E-state index is 14.0. The number of hydrazone groups is 1. The summed E-state index contributed by atoms with van der Waals surface area (Å²) < 4.78 is 14.0. The molecule has 0 N–H and O–H groups in total. The van der Waals surface area contributed by atoms with Crippen LogP contribution < -0.4 is 5.01 Å². The van der Waals surface area contributed by atoms with E-state index in [0.29, 0.717) is 17.7 Å². The maximum Gasteiger partial charge on any atom is 0.254 e. The Kier molecular flexibility index (Phi) is 4.45. The lowest BCUT2D eigenvalue weighted by atomic mass is 10.1. The van der Waals surface area contributed by atoms with Gasteiger partial charge in [0.2, 0.25) is 0 Å². The van der Waals surface area contributed by atoms with Crippen LogP contribution in [0.25, 0.3) is 0 Å². The molecule has 26 heavy (non-hydrogen) atoms. The van der Waals surface area contributed by atoms with Crippen LogP contribution in [0.4, 0.5) is 10.1 Å². The largest absolute Gasteiger partial charge is 0.331 e. The van der Waals surface area contributed by atoms with E-state index >= 15 is 0 Å². The number of rotatable bonds is 5. The number of amides is 1. The lowest BCUT2D eigenvalue weighted by molar-refractivity contribution is 0.0728. The molecule has 0 bridgehead atoms. The van der Waals surface area contributed by atoms with Crippen LogP contribution in [0, 0.1) is 5.82 Å². The van der Waals surface area contributed by atoms with Crippen LogP contribution in [0.2, 0.25) is 0 Å². The minimum absolute atomic E-state index is 0.0385. The molecule has 1 saturated carbocycles. The van der Waals surface area contributed by atoms with Gasteiger partial charge in [-0.05, 0) is 50.1 Å². The molecular weight excluding hydrogens is 329 g/mol. The Labute approximate surface area is 152 Å². The third-order valence-electron chi connectivity index (χ3n) is 4.94. The Hall–Kier alpha value is -2.69. The second kappa shape index (κ2) is 6.90. The molecule has 4 nitrogen and oxygen atoms in total. The van der Waals surface area contributed by atoms with Gasteiger partial charge in [0.15, 0.2) is 0 Å². The molecule has 4 rings (SSSR count). The highest BCUT2D eigenvalue weighted by atomic mass is 19.1. The van der Waals surface area contributed by atoms with Crippen molar-refractivity contribution in [1.82, 2.24) is 4.90 Å². The number of hydrogen-bond acceptors (Lipinski definition) is 3.